The number of hydrogen-bond acceptors (Lipinski definition) is 6. The Hall–Kier alpha value is -2.94. The Balaban J connectivity index is 1.72. The van der Waals surface area contributed by atoms with Gasteiger partial charge in [-0.25, -0.2) is 4.79 Å². The first-order chi connectivity index (χ1) is 11.9. The van der Waals surface area contributed by atoms with Crippen LogP contribution in [0.1, 0.15) is 0 Å². The lowest BCUT2D eigenvalue weighted by atomic mass is 10.3. The Morgan fingerprint density at radius 2 is 1.68 bits per heavy atom. The Bertz CT molecular complexity index is 761. The molecular weight excluding hydrogens is 396 g/mol. The van der Waals surface area contributed by atoms with Crippen molar-refractivity contribution < 1.29 is 24.0 Å². The first-order valence-electron chi connectivity index (χ1n) is 7.02. The third-order valence-corrected chi connectivity index (χ3v) is 3.43. The van der Waals surface area contributed by atoms with Crippen LogP contribution < -0.4 is 10.1 Å². The molecule has 2 aromatic rings. The van der Waals surface area contributed by atoms with Crippen LogP contribution in [0.15, 0.2) is 53.0 Å². The molecule has 2 rings (SSSR count). The molecule has 0 bridgehead atoms. The van der Waals surface area contributed by atoms with Crippen LogP contribution in [0, 0.1) is 10.1 Å². The van der Waals surface area contributed by atoms with E-state index < -0.39 is 30.0 Å². The maximum atomic E-state index is 11.7. The van der Waals surface area contributed by atoms with E-state index in [-0.39, 0.29) is 11.4 Å². The van der Waals surface area contributed by atoms with Gasteiger partial charge in [-0.1, -0.05) is 15.9 Å². The average Bonchev–Trinajstić information content (AvgIpc) is 2.60. The van der Waals surface area contributed by atoms with Crippen molar-refractivity contribution in [3.05, 3.63) is 63.1 Å². The molecule has 0 atom stereocenters. The number of non-ortho nitro benzene ring substituents is 1. The van der Waals surface area contributed by atoms with E-state index in [0.29, 0.717) is 5.69 Å². The van der Waals surface area contributed by atoms with E-state index in [2.05, 4.69) is 21.2 Å². The number of rotatable bonds is 7. The molecule has 0 aliphatic rings. The molecule has 0 radical (unpaired) electrons. The number of carbonyl (C=O) groups excluding carboxylic acids is 2. The highest BCUT2D eigenvalue weighted by molar-refractivity contribution is 9.10. The molecule has 1 amide bonds. The molecule has 0 saturated carbocycles. The van der Waals surface area contributed by atoms with Crippen LogP contribution in [-0.2, 0) is 14.3 Å². The quantitative estimate of drug-likeness (QED) is 0.428. The van der Waals surface area contributed by atoms with E-state index in [1.807, 2.05) is 0 Å². The third-order valence-electron chi connectivity index (χ3n) is 2.90. The number of amides is 1. The minimum absolute atomic E-state index is 0.0838. The predicted octanol–water partition coefficient (Wildman–Crippen LogP) is 2.92. The predicted molar refractivity (Wildman–Crippen MR) is 92.3 cm³/mol. The van der Waals surface area contributed by atoms with Crippen molar-refractivity contribution in [2.75, 3.05) is 18.5 Å². The van der Waals surface area contributed by atoms with Gasteiger partial charge in [-0.15, -0.1) is 0 Å². The number of hydrogen-bond donors (Lipinski definition) is 1. The smallest absolute Gasteiger partial charge is 0.344 e. The summed E-state index contributed by atoms with van der Waals surface area (Å²) in [6, 6.07) is 12.2. The summed E-state index contributed by atoms with van der Waals surface area (Å²) >= 11 is 3.28. The van der Waals surface area contributed by atoms with Crippen LogP contribution in [0.3, 0.4) is 0 Å². The minimum atomic E-state index is -0.732. The van der Waals surface area contributed by atoms with Crippen molar-refractivity contribution in [3.63, 3.8) is 0 Å². The summed E-state index contributed by atoms with van der Waals surface area (Å²) in [5.41, 5.74) is 0.492. The molecule has 2 aromatic carbocycles. The topological polar surface area (TPSA) is 108 Å². The normalized spacial score (nSPS) is 9.96. The molecular formula is C16H13BrN2O6. The molecule has 1 N–H and O–H groups in total. The van der Waals surface area contributed by atoms with E-state index in [0.717, 1.165) is 4.47 Å². The van der Waals surface area contributed by atoms with E-state index in [4.69, 9.17) is 9.47 Å². The number of nitrogens with one attached hydrogen (secondary N) is 1. The van der Waals surface area contributed by atoms with Gasteiger partial charge in [0.05, 0.1) is 4.92 Å². The summed E-state index contributed by atoms with van der Waals surface area (Å²) in [6.07, 6.45) is 0. The highest BCUT2D eigenvalue weighted by atomic mass is 79.9. The van der Waals surface area contributed by atoms with E-state index in [1.54, 1.807) is 24.3 Å². The van der Waals surface area contributed by atoms with Crippen LogP contribution >= 0.6 is 15.9 Å². The first-order valence-corrected chi connectivity index (χ1v) is 7.81. The van der Waals surface area contributed by atoms with Gasteiger partial charge >= 0.3 is 5.97 Å². The SMILES string of the molecule is O=C(COC(=O)COc1ccc([N+](=O)[O-])cc1)Nc1ccc(Br)cc1. The highest BCUT2D eigenvalue weighted by Crippen LogP contribution is 2.17. The summed E-state index contributed by atoms with van der Waals surface area (Å²) < 4.78 is 10.8. The maximum absolute atomic E-state index is 11.7. The minimum Gasteiger partial charge on any atom is -0.482 e. The molecule has 0 fully saturated rings. The summed E-state index contributed by atoms with van der Waals surface area (Å²) in [5.74, 6) is -0.933. The fourth-order valence-electron chi connectivity index (χ4n) is 1.72. The molecule has 0 saturated heterocycles. The second kappa shape index (κ2) is 8.78. The molecule has 8 nitrogen and oxygen atoms in total. The van der Waals surface area contributed by atoms with Gasteiger partial charge < -0.3 is 14.8 Å². The van der Waals surface area contributed by atoms with E-state index in [1.165, 1.54) is 24.3 Å². The van der Waals surface area contributed by atoms with Gasteiger partial charge in [-0.3, -0.25) is 14.9 Å². The number of ether oxygens (including phenoxy) is 2. The molecule has 130 valence electrons. The lowest BCUT2D eigenvalue weighted by molar-refractivity contribution is -0.384. The standard InChI is InChI=1S/C16H13BrN2O6/c17-11-1-3-12(4-2-11)18-15(20)9-25-16(21)10-24-14-7-5-13(6-8-14)19(22)23/h1-8H,9-10H2,(H,18,20). The van der Waals surface area contributed by atoms with Crippen molar-refractivity contribution in [3.8, 4) is 5.75 Å². The van der Waals surface area contributed by atoms with Crippen molar-refractivity contribution in [2.24, 2.45) is 0 Å². The van der Waals surface area contributed by atoms with Crippen molar-refractivity contribution >= 4 is 39.2 Å². The van der Waals surface area contributed by atoms with Crippen LogP contribution in [0.25, 0.3) is 0 Å². The zero-order chi connectivity index (χ0) is 18.2. The van der Waals surface area contributed by atoms with E-state index in [9.17, 15) is 19.7 Å². The summed E-state index contributed by atoms with van der Waals surface area (Å²) in [4.78, 5) is 33.2. The van der Waals surface area contributed by atoms with Gasteiger partial charge in [0, 0.05) is 22.3 Å². The number of nitro groups is 1. The molecule has 25 heavy (non-hydrogen) atoms. The Labute approximate surface area is 151 Å². The van der Waals surface area contributed by atoms with Crippen molar-refractivity contribution in [1.29, 1.82) is 0 Å². The maximum Gasteiger partial charge on any atom is 0.344 e. The Morgan fingerprint density at radius 3 is 2.28 bits per heavy atom. The van der Waals surface area contributed by atoms with Gasteiger partial charge in [0.2, 0.25) is 0 Å². The second-order valence-corrected chi connectivity index (χ2v) is 5.67. The number of nitrogens with zero attached hydrogens (tertiary/aromatic N) is 1. The van der Waals surface area contributed by atoms with Crippen LogP contribution in [-0.4, -0.2) is 30.0 Å². The van der Waals surface area contributed by atoms with Gasteiger partial charge in [0.25, 0.3) is 11.6 Å². The molecule has 0 heterocycles. The summed E-state index contributed by atoms with van der Waals surface area (Å²) in [7, 11) is 0. The zero-order valence-corrected chi connectivity index (χ0v) is 14.4. The fraction of sp³-hybridized carbons (Fsp3) is 0.125. The van der Waals surface area contributed by atoms with Crippen LogP contribution in [0.4, 0.5) is 11.4 Å². The van der Waals surface area contributed by atoms with Crippen LogP contribution in [0.5, 0.6) is 5.75 Å². The molecule has 9 heteroatoms. The highest BCUT2D eigenvalue weighted by Gasteiger charge is 2.10. The average molecular weight is 409 g/mol. The van der Waals surface area contributed by atoms with Gasteiger partial charge in [0.1, 0.15) is 5.75 Å². The monoisotopic (exact) mass is 408 g/mol. The molecule has 0 aliphatic carbocycles. The third kappa shape index (κ3) is 6.22. The first kappa shape index (κ1) is 18.4. The summed E-state index contributed by atoms with van der Waals surface area (Å²) in [6.45, 7) is -0.859. The number of anilines is 1. The van der Waals surface area contributed by atoms with Gasteiger partial charge in [0.15, 0.2) is 13.2 Å². The van der Waals surface area contributed by atoms with Crippen LogP contribution in [0.2, 0.25) is 0 Å². The number of esters is 1. The Kier molecular flexibility index (Phi) is 6.47. The number of nitro benzene ring substituents is 1. The zero-order valence-electron chi connectivity index (χ0n) is 12.8. The lowest BCUT2D eigenvalue weighted by Gasteiger charge is -2.08. The molecule has 0 aliphatic heterocycles. The van der Waals surface area contributed by atoms with Crippen molar-refractivity contribution in [1.82, 2.24) is 0 Å². The number of halogens is 1. The summed E-state index contributed by atoms with van der Waals surface area (Å²) in [5, 5.41) is 13.1. The number of benzene rings is 2. The van der Waals surface area contributed by atoms with Gasteiger partial charge in [-0.05, 0) is 36.4 Å². The largest absolute Gasteiger partial charge is 0.482 e. The molecule has 0 unspecified atom stereocenters. The molecule has 0 aromatic heterocycles. The second-order valence-electron chi connectivity index (χ2n) is 4.76. The van der Waals surface area contributed by atoms with Gasteiger partial charge in [-0.2, -0.15) is 0 Å². The fourth-order valence-corrected chi connectivity index (χ4v) is 1.99. The lowest BCUT2D eigenvalue weighted by Crippen LogP contribution is -2.23. The van der Waals surface area contributed by atoms with Crippen molar-refractivity contribution in [2.45, 2.75) is 0 Å². The Morgan fingerprint density at radius 1 is 1.04 bits per heavy atom. The number of carbonyl (C=O) groups is 2. The van der Waals surface area contributed by atoms with E-state index >= 15 is 0 Å². The molecule has 0 spiro atoms.